The molecule has 0 radical (unpaired) electrons. The summed E-state index contributed by atoms with van der Waals surface area (Å²) >= 11 is 1.43. The Bertz CT molecular complexity index is 352. The first-order valence-corrected chi connectivity index (χ1v) is 6.82. The maximum Gasteiger partial charge on any atom is 0.315 e. The van der Waals surface area contributed by atoms with Gasteiger partial charge in [-0.25, -0.2) is 0 Å². The number of aromatic nitrogens is 2. The molecule has 0 aromatic carbocycles. The first-order valence-electron chi connectivity index (χ1n) is 5.66. The number of thioether (sulfide) groups is 1. The molecule has 0 spiro atoms. The lowest BCUT2D eigenvalue weighted by molar-refractivity contribution is -0.139. The van der Waals surface area contributed by atoms with E-state index in [0.717, 1.165) is 6.42 Å². The molecule has 6 heteroatoms. The Morgan fingerprint density at radius 2 is 2.29 bits per heavy atom. The van der Waals surface area contributed by atoms with Gasteiger partial charge in [0.2, 0.25) is 5.89 Å². The number of esters is 1. The van der Waals surface area contributed by atoms with Crippen LogP contribution >= 0.6 is 11.8 Å². The van der Waals surface area contributed by atoms with Gasteiger partial charge >= 0.3 is 5.97 Å². The maximum absolute atomic E-state index is 11.1. The third kappa shape index (κ3) is 5.72. The predicted molar refractivity (Wildman–Crippen MR) is 65.6 cm³/mol. The standard InChI is InChI=1S/C11H18N2O3S/c1-4-15-11(14)7-17-6-9-12-10(16-13-9)5-8(2)3/h8H,4-7H2,1-3H3. The van der Waals surface area contributed by atoms with E-state index >= 15 is 0 Å². The largest absolute Gasteiger partial charge is 0.465 e. The minimum Gasteiger partial charge on any atom is -0.465 e. The van der Waals surface area contributed by atoms with Crippen LogP contribution in [0.2, 0.25) is 0 Å². The third-order valence-electron chi connectivity index (χ3n) is 1.85. The number of hydrogen-bond acceptors (Lipinski definition) is 6. The van der Waals surface area contributed by atoms with E-state index in [0.29, 0.717) is 35.7 Å². The van der Waals surface area contributed by atoms with Crippen LogP contribution in [0.1, 0.15) is 32.5 Å². The molecule has 0 aliphatic rings. The Kier molecular flexibility index (Phi) is 6.04. The van der Waals surface area contributed by atoms with Gasteiger partial charge in [-0.2, -0.15) is 4.98 Å². The Balaban J connectivity index is 2.27. The molecule has 0 saturated heterocycles. The van der Waals surface area contributed by atoms with Crippen molar-refractivity contribution < 1.29 is 14.1 Å². The quantitative estimate of drug-likeness (QED) is 0.697. The summed E-state index contributed by atoms with van der Waals surface area (Å²) in [5.41, 5.74) is 0. The van der Waals surface area contributed by atoms with Gasteiger partial charge in [-0.05, 0) is 12.8 Å². The Morgan fingerprint density at radius 3 is 2.94 bits per heavy atom. The van der Waals surface area contributed by atoms with Crippen LogP contribution in [-0.4, -0.2) is 28.5 Å². The van der Waals surface area contributed by atoms with Crippen molar-refractivity contribution in [1.29, 1.82) is 0 Å². The van der Waals surface area contributed by atoms with Crippen LogP contribution in [0.15, 0.2) is 4.52 Å². The van der Waals surface area contributed by atoms with Gasteiger partial charge in [-0.15, -0.1) is 11.8 Å². The summed E-state index contributed by atoms with van der Waals surface area (Å²) in [5, 5.41) is 3.85. The van der Waals surface area contributed by atoms with Crippen LogP contribution in [0.5, 0.6) is 0 Å². The average Bonchev–Trinajstić information content (AvgIpc) is 2.65. The molecule has 1 aromatic heterocycles. The number of rotatable bonds is 7. The lowest BCUT2D eigenvalue weighted by atomic mass is 10.1. The van der Waals surface area contributed by atoms with Crippen molar-refractivity contribution >= 4 is 17.7 Å². The monoisotopic (exact) mass is 258 g/mol. The Labute approximate surface area is 105 Å². The van der Waals surface area contributed by atoms with Gasteiger partial charge < -0.3 is 9.26 Å². The Morgan fingerprint density at radius 1 is 1.53 bits per heavy atom. The van der Waals surface area contributed by atoms with Crippen LogP contribution in [0.3, 0.4) is 0 Å². The van der Waals surface area contributed by atoms with Gasteiger partial charge in [0.1, 0.15) is 0 Å². The molecule has 0 bridgehead atoms. The number of carbonyl (C=O) groups excluding carboxylic acids is 1. The number of nitrogens with zero attached hydrogens (tertiary/aromatic N) is 2. The molecule has 0 atom stereocenters. The van der Waals surface area contributed by atoms with E-state index in [2.05, 4.69) is 24.0 Å². The van der Waals surface area contributed by atoms with E-state index in [4.69, 9.17) is 9.26 Å². The first kappa shape index (κ1) is 14.0. The van der Waals surface area contributed by atoms with Crippen LogP contribution < -0.4 is 0 Å². The normalized spacial score (nSPS) is 10.8. The highest BCUT2D eigenvalue weighted by atomic mass is 32.2. The molecule has 0 aliphatic carbocycles. The minimum atomic E-state index is -0.205. The van der Waals surface area contributed by atoms with Crippen molar-refractivity contribution in [3.05, 3.63) is 11.7 Å². The molecule has 0 unspecified atom stereocenters. The van der Waals surface area contributed by atoms with Crippen molar-refractivity contribution in [2.45, 2.75) is 32.9 Å². The summed E-state index contributed by atoms with van der Waals surface area (Å²) in [6, 6.07) is 0. The molecular weight excluding hydrogens is 240 g/mol. The highest BCUT2D eigenvalue weighted by Gasteiger charge is 2.09. The maximum atomic E-state index is 11.1. The third-order valence-corrected chi connectivity index (χ3v) is 2.75. The summed E-state index contributed by atoms with van der Waals surface area (Å²) in [6.07, 6.45) is 0.787. The minimum absolute atomic E-state index is 0.205. The summed E-state index contributed by atoms with van der Waals surface area (Å²) in [4.78, 5) is 15.3. The SMILES string of the molecule is CCOC(=O)CSCc1noc(CC(C)C)n1. The summed E-state index contributed by atoms with van der Waals surface area (Å²) in [5.74, 6) is 2.48. The van der Waals surface area contributed by atoms with Crippen LogP contribution in [-0.2, 0) is 21.7 Å². The fourth-order valence-corrected chi connectivity index (χ4v) is 1.86. The highest BCUT2D eigenvalue weighted by Crippen LogP contribution is 2.11. The zero-order chi connectivity index (χ0) is 12.7. The molecule has 0 amide bonds. The fraction of sp³-hybridized carbons (Fsp3) is 0.727. The van der Waals surface area contributed by atoms with E-state index in [9.17, 15) is 4.79 Å². The molecule has 0 aliphatic heterocycles. The van der Waals surface area contributed by atoms with Crippen molar-refractivity contribution in [2.24, 2.45) is 5.92 Å². The molecule has 5 nitrogen and oxygen atoms in total. The van der Waals surface area contributed by atoms with Crippen LogP contribution in [0.4, 0.5) is 0 Å². The molecule has 0 saturated carbocycles. The molecule has 0 N–H and O–H groups in total. The van der Waals surface area contributed by atoms with Crippen molar-refractivity contribution in [3.8, 4) is 0 Å². The molecule has 96 valence electrons. The zero-order valence-corrected chi connectivity index (χ0v) is 11.2. The average molecular weight is 258 g/mol. The molecule has 0 fully saturated rings. The first-order chi connectivity index (χ1) is 8.11. The zero-order valence-electron chi connectivity index (χ0n) is 10.4. The Hall–Kier alpha value is -1.04. The summed E-state index contributed by atoms with van der Waals surface area (Å²) < 4.78 is 9.90. The van der Waals surface area contributed by atoms with E-state index in [1.54, 1.807) is 6.92 Å². The van der Waals surface area contributed by atoms with Gasteiger partial charge in [0.25, 0.3) is 0 Å². The molecular formula is C11H18N2O3S. The number of ether oxygens (including phenoxy) is 1. The van der Waals surface area contributed by atoms with Gasteiger partial charge in [0, 0.05) is 6.42 Å². The van der Waals surface area contributed by atoms with E-state index in [1.807, 2.05) is 0 Å². The molecule has 17 heavy (non-hydrogen) atoms. The van der Waals surface area contributed by atoms with E-state index in [1.165, 1.54) is 11.8 Å². The topological polar surface area (TPSA) is 65.2 Å². The van der Waals surface area contributed by atoms with Crippen molar-refractivity contribution in [3.63, 3.8) is 0 Å². The lowest BCUT2D eigenvalue weighted by Gasteiger charge is -1.99. The van der Waals surface area contributed by atoms with Crippen LogP contribution in [0, 0.1) is 5.92 Å². The number of hydrogen-bond donors (Lipinski definition) is 0. The second-order valence-electron chi connectivity index (χ2n) is 4.00. The smallest absolute Gasteiger partial charge is 0.315 e. The molecule has 1 aromatic rings. The second kappa shape index (κ2) is 7.32. The van der Waals surface area contributed by atoms with E-state index < -0.39 is 0 Å². The van der Waals surface area contributed by atoms with Gasteiger partial charge in [0.15, 0.2) is 5.82 Å². The van der Waals surface area contributed by atoms with Gasteiger partial charge in [-0.1, -0.05) is 19.0 Å². The van der Waals surface area contributed by atoms with Crippen LogP contribution in [0.25, 0.3) is 0 Å². The molecule has 1 heterocycles. The van der Waals surface area contributed by atoms with Gasteiger partial charge in [-0.3, -0.25) is 4.79 Å². The summed E-state index contributed by atoms with van der Waals surface area (Å²) in [6.45, 7) is 6.40. The van der Waals surface area contributed by atoms with E-state index in [-0.39, 0.29) is 5.97 Å². The van der Waals surface area contributed by atoms with Gasteiger partial charge in [0.05, 0.1) is 18.1 Å². The molecule has 1 rings (SSSR count). The highest BCUT2D eigenvalue weighted by molar-refractivity contribution is 7.99. The lowest BCUT2D eigenvalue weighted by Crippen LogP contribution is -2.06. The number of carbonyl (C=O) groups is 1. The summed E-state index contributed by atoms with van der Waals surface area (Å²) in [7, 11) is 0. The van der Waals surface area contributed by atoms with Crippen molar-refractivity contribution in [1.82, 2.24) is 10.1 Å². The predicted octanol–water partition coefficient (Wildman–Crippen LogP) is 2.06. The van der Waals surface area contributed by atoms with Crippen molar-refractivity contribution in [2.75, 3.05) is 12.4 Å². The second-order valence-corrected chi connectivity index (χ2v) is 4.99. The fourth-order valence-electron chi connectivity index (χ4n) is 1.21.